The van der Waals surface area contributed by atoms with Crippen LogP contribution < -0.4 is 10.6 Å². The monoisotopic (exact) mass is 206 g/mol. The van der Waals surface area contributed by atoms with E-state index in [0.717, 1.165) is 38.2 Å². The zero-order valence-corrected chi connectivity index (χ0v) is 9.16. The van der Waals surface area contributed by atoms with Crippen LogP contribution in [-0.4, -0.2) is 29.3 Å². The normalized spacial score (nSPS) is 17.7. The fourth-order valence-corrected chi connectivity index (χ4v) is 1.85. The molecule has 0 aliphatic carbocycles. The SMILES string of the molecule is CCc1cnnc(NC2CCNCC2)c1. The van der Waals surface area contributed by atoms with Crippen LogP contribution >= 0.6 is 0 Å². The number of anilines is 1. The third-order valence-corrected chi connectivity index (χ3v) is 2.81. The topological polar surface area (TPSA) is 49.8 Å². The van der Waals surface area contributed by atoms with Gasteiger partial charge in [-0.1, -0.05) is 6.92 Å². The molecule has 15 heavy (non-hydrogen) atoms. The molecule has 1 aliphatic rings. The summed E-state index contributed by atoms with van der Waals surface area (Å²) in [5.74, 6) is 0.918. The molecule has 4 nitrogen and oxygen atoms in total. The number of aromatic nitrogens is 2. The van der Waals surface area contributed by atoms with Crippen molar-refractivity contribution in [3.8, 4) is 0 Å². The molecule has 1 saturated heterocycles. The van der Waals surface area contributed by atoms with E-state index in [9.17, 15) is 0 Å². The van der Waals surface area contributed by atoms with E-state index in [1.807, 2.05) is 6.20 Å². The van der Waals surface area contributed by atoms with Crippen LogP contribution in [-0.2, 0) is 6.42 Å². The average molecular weight is 206 g/mol. The second-order valence-electron chi connectivity index (χ2n) is 3.97. The summed E-state index contributed by atoms with van der Waals surface area (Å²) in [4.78, 5) is 0. The van der Waals surface area contributed by atoms with Crippen molar-refractivity contribution in [1.29, 1.82) is 0 Å². The Kier molecular flexibility index (Phi) is 3.50. The molecule has 1 aromatic rings. The number of hydrogen-bond acceptors (Lipinski definition) is 4. The largest absolute Gasteiger partial charge is 0.366 e. The highest BCUT2D eigenvalue weighted by molar-refractivity contribution is 5.36. The van der Waals surface area contributed by atoms with Crippen LogP contribution in [0.1, 0.15) is 25.3 Å². The number of aryl methyl sites for hydroxylation is 1. The number of nitrogens with zero attached hydrogens (tertiary/aromatic N) is 2. The van der Waals surface area contributed by atoms with E-state index in [-0.39, 0.29) is 0 Å². The van der Waals surface area contributed by atoms with Crippen LogP contribution in [0.25, 0.3) is 0 Å². The first-order chi connectivity index (χ1) is 7.38. The molecule has 0 unspecified atom stereocenters. The highest BCUT2D eigenvalue weighted by Crippen LogP contribution is 2.11. The van der Waals surface area contributed by atoms with Gasteiger partial charge in [0.2, 0.25) is 0 Å². The molecule has 1 fully saturated rings. The molecule has 0 atom stereocenters. The van der Waals surface area contributed by atoms with Gasteiger partial charge in [-0.25, -0.2) is 0 Å². The Morgan fingerprint density at radius 2 is 2.27 bits per heavy atom. The lowest BCUT2D eigenvalue weighted by atomic mass is 10.1. The molecule has 0 spiro atoms. The first-order valence-corrected chi connectivity index (χ1v) is 5.67. The fourth-order valence-electron chi connectivity index (χ4n) is 1.85. The summed E-state index contributed by atoms with van der Waals surface area (Å²) in [6.07, 6.45) is 5.17. The van der Waals surface area contributed by atoms with Crippen LogP contribution in [0.4, 0.5) is 5.82 Å². The van der Waals surface area contributed by atoms with E-state index in [2.05, 4.69) is 33.8 Å². The predicted octanol–water partition coefficient (Wildman–Crippen LogP) is 1.20. The highest BCUT2D eigenvalue weighted by atomic mass is 15.2. The van der Waals surface area contributed by atoms with Crippen molar-refractivity contribution >= 4 is 5.82 Å². The molecule has 2 N–H and O–H groups in total. The van der Waals surface area contributed by atoms with Gasteiger partial charge in [0.25, 0.3) is 0 Å². The average Bonchev–Trinajstić information content (AvgIpc) is 2.31. The van der Waals surface area contributed by atoms with Gasteiger partial charge < -0.3 is 10.6 Å². The van der Waals surface area contributed by atoms with Crippen molar-refractivity contribution < 1.29 is 0 Å². The molecule has 1 aliphatic heterocycles. The smallest absolute Gasteiger partial charge is 0.149 e. The van der Waals surface area contributed by atoms with E-state index in [0.29, 0.717) is 6.04 Å². The predicted molar refractivity (Wildman–Crippen MR) is 60.9 cm³/mol. The van der Waals surface area contributed by atoms with Crippen LogP contribution in [0.3, 0.4) is 0 Å². The van der Waals surface area contributed by atoms with E-state index in [1.54, 1.807) is 0 Å². The minimum Gasteiger partial charge on any atom is -0.366 e. The molecule has 2 heterocycles. The zero-order valence-electron chi connectivity index (χ0n) is 9.16. The maximum Gasteiger partial charge on any atom is 0.149 e. The van der Waals surface area contributed by atoms with Crippen molar-refractivity contribution in [2.24, 2.45) is 0 Å². The summed E-state index contributed by atoms with van der Waals surface area (Å²) in [6.45, 7) is 4.32. The molecule has 2 rings (SSSR count). The number of rotatable bonds is 3. The minimum atomic E-state index is 0.549. The van der Waals surface area contributed by atoms with Gasteiger partial charge in [-0.15, -0.1) is 5.10 Å². The van der Waals surface area contributed by atoms with Gasteiger partial charge in [-0.2, -0.15) is 5.10 Å². The van der Waals surface area contributed by atoms with Gasteiger partial charge in [0.05, 0.1) is 6.20 Å². The Hall–Kier alpha value is -1.16. The van der Waals surface area contributed by atoms with E-state index < -0.39 is 0 Å². The molecule has 82 valence electrons. The molecule has 0 bridgehead atoms. The van der Waals surface area contributed by atoms with Gasteiger partial charge in [-0.05, 0) is 44.0 Å². The summed E-state index contributed by atoms with van der Waals surface area (Å²) in [5.41, 5.74) is 1.24. The summed E-state index contributed by atoms with van der Waals surface area (Å²) in [7, 11) is 0. The molecule has 1 aromatic heterocycles. The molecule has 0 radical (unpaired) electrons. The van der Waals surface area contributed by atoms with E-state index in [1.165, 1.54) is 5.56 Å². The molecule has 0 saturated carbocycles. The van der Waals surface area contributed by atoms with Crippen LogP contribution in [0.15, 0.2) is 12.3 Å². The van der Waals surface area contributed by atoms with Crippen molar-refractivity contribution in [3.05, 3.63) is 17.8 Å². The Morgan fingerprint density at radius 1 is 1.47 bits per heavy atom. The van der Waals surface area contributed by atoms with Crippen molar-refractivity contribution in [2.45, 2.75) is 32.2 Å². The van der Waals surface area contributed by atoms with Gasteiger partial charge in [0, 0.05) is 6.04 Å². The number of nitrogens with one attached hydrogen (secondary N) is 2. The van der Waals surface area contributed by atoms with Crippen LogP contribution in [0, 0.1) is 0 Å². The second-order valence-corrected chi connectivity index (χ2v) is 3.97. The Balaban J connectivity index is 1.96. The van der Waals surface area contributed by atoms with Crippen molar-refractivity contribution in [3.63, 3.8) is 0 Å². The summed E-state index contributed by atoms with van der Waals surface area (Å²) < 4.78 is 0. The minimum absolute atomic E-state index is 0.549. The van der Waals surface area contributed by atoms with E-state index in [4.69, 9.17) is 0 Å². The summed E-state index contributed by atoms with van der Waals surface area (Å²) in [5, 5.41) is 14.9. The van der Waals surface area contributed by atoms with Gasteiger partial charge in [-0.3, -0.25) is 0 Å². The third-order valence-electron chi connectivity index (χ3n) is 2.81. The van der Waals surface area contributed by atoms with Gasteiger partial charge in [0.15, 0.2) is 0 Å². The molecular weight excluding hydrogens is 188 g/mol. The fraction of sp³-hybridized carbons (Fsp3) is 0.636. The summed E-state index contributed by atoms with van der Waals surface area (Å²) in [6, 6.07) is 2.64. The van der Waals surface area contributed by atoms with Crippen molar-refractivity contribution in [2.75, 3.05) is 18.4 Å². The number of piperidine rings is 1. The molecule has 0 aromatic carbocycles. The summed E-state index contributed by atoms with van der Waals surface area (Å²) >= 11 is 0. The molecular formula is C11H18N4. The maximum atomic E-state index is 4.10. The second kappa shape index (κ2) is 5.07. The third kappa shape index (κ3) is 2.89. The van der Waals surface area contributed by atoms with Crippen LogP contribution in [0.2, 0.25) is 0 Å². The lowest BCUT2D eigenvalue weighted by molar-refractivity contribution is 0.478. The van der Waals surface area contributed by atoms with Gasteiger partial charge >= 0.3 is 0 Å². The lowest BCUT2D eigenvalue weighted by Crippen LogP contribution is -2.35. The molecule has 0 amide bonds. The Morgan fingerprint density at radius 3 is 3.00 bits per heavy atom. The van der Waals surface area contributed by atoms with Crippen LogP contribution in [0.5, 0.6) is 0 Å². The maximum absolute atomic E-state index is 4.10. The quantitative estimate of drug-likeness (QED) is 0.780. The Labute approximate surface area is 90.5 Å². The highest BCUT2D eigenvalue weighted by Gasteiger charge is 2.12. The van der Waals surface area contributed by atoms with Crippen molar-refractivity contribution in [1.82, 2.24) is 15.5 Å². The Bertz CT molecular complexity index is 307. The van der Waals surface area contributed by atoms with E-state index >= 15 is 0 Å². The number of hydrogen-bond donors (Lipinski definition) is 2. The first-order valence-electron chi connectivity index (χ1n) is 5.67. The first kappa shape index (κ1) is 10.4. The van der Waals surface area contributed by atoms with Gasteiger partial charge in [0.1, 0.15) is 5.82 Å². The molecule has 4 heteroatoms. The lowest BCUT2D eigenvalue weighted by Gasteiger charge is -2.23. The standard InChI is InChI=1S/C11H18N4/c1-2-9-7-11(15-13-8-9)14-10-3-5-12-6-4-10/h7-8,10,12H,2-6H2,1H3,(H,14,15). The zero-order chi connectivity index (χ0) is 10.5.